The van der Waals surface area contributed by atoms with Gasteiger partial charge in [-0.1, -0.05) is 18.2 Å². The van der Waals surface area contributed by atoms with Crippen molar-refractivity contribution in [2.45, 2.75) is 40.0 Å². The van der Waals surface area contributed by atoms with Crippen LogP contribution >= 0.6 is 0 Å². The molecule has 0 aliphatic carbocycles. The van der Waals surface area contributed by atoms with Gasteiger partial charge in [0.25, 0.3) is 11.8 Å². The van der Waals surface area contributed by atoms with Gasteiger partial charge in [-0.3, -0.25) is 14.4 Å². The predicted octanol–water partition coefficient (Wildman–Crippen LogP) is 1.11. The molecule has 0 bridgehead atoms. The highest BCUT2D eigenvalue weighted by Crippen LogP contribution is 2.15. The van der Waals surface area contributed by atoms with E-state index in [1.54, 1.807) is 0 Å². The number of amides is 5. The summed E-state index contributed by atoms with van der Waals surface area (Å²) in [4.78, 5) is 53.9. The zero-order chi connectivity index (χ0) is 23.3. The van der Waals surface area contributed by atoms with Gasteiger partial charge >= 0.3 is 11.9 Å². The lowest BCUT2D eigenvalue weighted by atomic mass is 10.1. The van der Waals surface area contributed by atoms with Crippen LogP contribution in [0.5, 0.6) is 0 Å². The Labute approximate surface area is 175 Å². The van der Waals surface area contributed by atoms with Gasteiger partial charge in [-0.2, -0.15) is 11.5 Å². The van der Waals surface area contributed by atoms with Gasteiger partial charge in [-0.05, 0) is 40.0 Å². The van der Waals surface area contributed by atoms with Gasteiger partial charge in [-0.25, -0.2) is 4.79 Å². The third-order valence-electron chi connectivity index (χ3n) is 3.82. The fourth-order valence-electron chi connectivity index (χ4n) is 2.16. The van der Waals surface area contributed by atoms with Gasteiger partial charge in [0.15, 0.2) is 0 Å². The number of hydrogen-bond donors (Lipinski definition) is 3. The summed E-state index contributed by atoms with van der Waals surface area (Å²) in [7, 11) is 0. The first-order valence-corrected chi connectivity index (χ1v) is 9.15. The summed E-state index contributed by atoms with van der Waals surface area (Å²) in [5.41, 5.74) is -0.0930. The van der Waals surface area contributed by atoms with E-state index in [1.165, 1.54) is 39.0 Å². The smallest absolute Gasteiger partial charge is 0.396 e. The molecule has 30 heavy (non-hydrogen) atoms. The molecule has 0 aromatic carbocycles. The van der Waals surface area contributed by atoms with Crippen LogP contribution in [0.25, 0.3) is 4.95 Å². The van der Waals surface area contributed by atoms with Gasteiger partial charge in [0.05, 0.1) is 5.01 Å². The number of hydrogen-bond acceptors (Lipinski definition) is 7. The van der Waals surface area contributed by atoms with E-state index in [2.05, 4.69) is 4.95 Å². The molecule has 0 unspecified atom stereocenters. The molecule has 0 heterocycles. The minimum Gasteiger partial charge on any atom is -0.396 e. The lowest BCUT2D eigenvalue weighted by Crippen LogP contribution is -2.49. The Hall–Kier alpha value is -3.13. The first kappa shape index (κ1) is 26.9. The molecule has 10 nitrogen and oxygen atoms in total. The second-order valence-corrected chi connectivity index (χ2v) is 6.14. The van der Waals surface area contributed by atoms with E-state index in [-0.39, 0.29) is 65.7 Å². The normalized spacial score (nSPS) is 12.2. The van der Waals surface area contributed by atoms with Crippen molar-refractivity contribution in [3.05, 3.63) is 46.5 Å². The average Bonchev–Trinajstić information content (AvgIpc) is 2.74. The molecular formula is C20H27N3O7. The average molecular weight is 421 g/mol. The van der Waals surface area contributed by atoms with Crippen LogP contribution in [-0.2, 0) is 14.4 Å². The molecule has 0 aromatic heterocycles. The van der Waals surface area contributed by atoms with Crippen LogP contribution in [0.1, 0.15) is 40.0 Å². The predicted molar refractivity (Wildman–Crippen MR) is 107 cm³/mol. The SMILES string of the molecule is [C-]#[N+]N(C(=O)C(C)=CCCO)C(=O)N(C(=O)C(C)=CCCO)C(=O)C(C)=CCCO. The van der Waals surface area contributed by atoms with Crippen molar-refractivity contribution in [3.63, 3.8) is 0 Å². The zero-order valence-corrected chi connectivity index (χ0v) is 17.3. The highest BCUT2D eigenvalue weighted by molar-refractivity contribution is 6.22. The second kappa shape index (κ2) is 13.9. The highest BCUT2D eigenvalue weighted by atomic mass is 16.3. The molecule has 0 fully saturated rings. The Morgan fingerprint density at radius 1 is 0.733 bits per heavy atom. The molecule has 164 valence electrons. The van der Waals surface area contributed by atoms with Gasteiger partial charge in [0.2, 0.25) is 0 Å². The Balaban J connectivity index is 6.19. The standard InChI is InChI=1S/C20H27N3O7/c1-14(8-5-11-24)17(27)22(18(28)15(2)9-6-12-25)20(30)23(21-4)19(29)16(3)10-7-13-26/h8-10,24-26H,5-7,11-13H2,1-3H3. The van der Waals surface area contributed by atoms with Crippen molar-refractivity contribution in [1.29, 1.82) is 0 Å². The van der Waals surface area contributed by atoms with E-state index in [0.717, 1.165) is 0 Å². The molecule has 10 heteroatoms. The Bertz CT molecular complexity index is 757. The molecule has 0 aliphatic heterocycles. The molecular weight excluding hydrogens is 394 g/mol. The van der Waals surface area contributed by atoms with Crippen LogP contribution in [0.2, 0.25) is 0 Å². The molecule has 0 radical (unpaired) electrons. The van der Waals surface area contributed by atoms with Gasteiger partial charge in [-0.15, -0.1) is 4.95 Å². The minimum atomic E-state index is -1.45. The van der Waals surface area contributed by atoms with Crippen molar-refractivity contribution in [2.75, 3.05) is 19.8 Å². The van der Waals surface area contributed by atoms with E-state index in [1.807, 2.05) is 0 Å². The summed E-state index contributed by atoms with van der Waals surface area (Å²) in [6, 6.07) is -1.45. The van der Waals surface area contributed by atoms with Crippen molar-refractivity contribution in [3.8, 4) is 0 Å². The summed E-state index contributed by atoms with van der Waals surface area (Å²) in [6.45, 7) is 10.4. The quantitative estimate of drug-likeness (QED) is 0.288. The summed E-state index contributed by atoms with van der Waals surface area (Å²) < 4.78 is 0. The Morgan fingerprint density at radius 3 is 1.37 bits per heavy atom. The molecule has 0 aromatic rings. The number of rotatable bonds is 9. The second-order valence-electron chi connectivity index (χ2n) is 6.14. The summed E-state index contributed by atoms with van der Waals surface area (Å²) in [5.74, 6) is -3.13. The third kappa shape index (κ3) is 7.71. The lowest BCUT2D eigenvalue weighted by Gasteiger charge is -2.20. The Morgan fingerprint density at radius 2 is 1.07 bits per heavy atom. The minimum absolute atomic E-state index is 0.0201. The van der Waals surface area contributed by atoms with Crippen LogP contribution in [-0.4, -0.2) is 68.8 Å². The third-order valence-corrected chi connectivity index (χ3v) is 3.82. The largest absolute Gasteiger partial charge is 0.409 e. The first-order valence-electron chi connectivity index (χ1n) is 9.15. The number of carbonyl (C=O) groups is 4. The molecule has 0 rings (SSSR count). The van der Waals surface area contributed by atoms with Crippen molar-refractivity contribution in [1.82, 2.24) is 9.91 Å². The maximum absolute atomic E-state index is 12.9. The topological polar surface area (TPSA) is 140 Å². The molecule has 0 saturated heterocycles. The van der Waals surface area contributed by atoms with Crippen LogP contribution < -0.4 is 0 Å². The van der Waals surface area contributed by atoms with E-state index in [4.69, 9.17) is 21.9 Å². The summed E-state index contributed by atoms with van der Waals surface area (Å²) in [6.07, 6.45) is 4.27. The number of aliphatic hydroxyl groups is 3. The van der Waals surface area contributed by atoms with Crippen molar-refractivity contribution < 1.29 is 34.5 Å². The van der Waals surface area contributed by atoms with Crippen LogP contribution in [0.4, 0.5) is 4.79 Å². The maximum Gasteiger partial charge on any atom is 0.409 e. The lowest BCUT2D eigenvalue weighted by molar-refractivity contribution is -0.137. The molecule has 5 amide bonds. The molecule has 3 N–H and O–H groups in total. The number of aliphatic hydroxyl groups excluding tert-OH is 3. The van der Waals surface area contributed by atoms with Crippen molar-refractivity contribution >= 4 is 23.8 Å². The molecule has 0 aliphatic rings. The fourth-order valence-corrected chi connectivity index (χ4v) is 2.16. The summed E-state index contributed by atoms with van der Waals surface area (Å²) >= 11 is 0. The van der Waals surface area contributed by atoms with Gasteiger partial charge in [0.1, 0.15) is 0 Å². The number of carbonyl (C=O) groups excluding carboxylic acids is 4. The first-order chi connectivity index (χ1) is 14.2. The van der Waals surface area contributed by atoms with Gasteiger partial charge in [0, 0.05) is 36.5 Å². The fraction of sp³-hybridized carbons (Fsp3) is 0.450. The molecule has 0 atom stereocenters. The van der Waals surface area contributed by atoms with E-state index < -0.39 is 23.8 Å². The van der Waals surface area contributed by atoms with Crippen LogP contribution in [0.3, 0.4) is 0 Å². The summed E-state index contributed by atoms with van der Waals surface area (Å²) in [5, 5.41) is 26.8. The number of urea groups is 1. The Kier molecular flexibility index (Phi) is 12.5. The van der Waals surface area contributed by atoms with E-state index in [9.17, 15) is 19.2 Å². The molecule has 0 saturated carbocycles. The van der Waals surface area contributed by atoms with E-state index in [0.29, 0.717) is 0 Å². The van der Waals surface area contributed by atoms with Crippen LogP contribution in [0.15, 0.2) is 34.9 Å². The zero-order valence-electron chi connectivity index (χ0n) is 17.3. The highest BCUT2D eigenvalue weighted by Gasteiger charge is 2.40. The monoisotopic (exact) mass is 421 g/mol. The van der Waals surface area contributed by atoms with Crippen LogP contribution in [0, 0.1) is 6.57 Å². The number of imide groups is 4. The number of nitrogens with zero attached hydrogens (tertiary/aromatic N) is 3. The maximum atomic E-state index is 12.9. The molecule has 0 spiro atoms. The van der Waals surface area contributed by atoms with E-state index >= 15 is 0 Å². The van der Waals surface area contributed by atoms with Crippen molar-refractivity contribution in [2.24, 2.45) is 0 Å². The van der Waals surface area contributed by atoms with Gasteiger partial charge < -0.3 is 15.3 Å².